The Morgan fingerprint density at radius 2 is 1.88 bits per heavy atom. The molecule has 5 amide bonds. The van der Waals surface area contributed by atoms with Crippen molar-refractivity contribution in [3.05, 3.63) is 29.3 Å². The second-order valence-electron chi connectivity index (χ2n) is 11.8. The first-order valence-corrected chi connectivity index (χ1v) is 14.2. The SMILES string of the molecule is C=[N+](C(=O)OC(C)(C)C)[C@@H]1CCN(C(=O)CCCCCNc2cccc3c2C(=O)N(C2CCC(O)NC2=O)C3=O)C1. The van der Waals surface area contributed by atoms with E-state index in [0.29, 0.717) is 44.6 Å². The molecule has 0 bridgehead atoms. The lowest BCUT2D eigenvalue weighted by molar-refractivity contribution is -0.479. The number of aliphatic hydroxyl groups excluding tert-OH is 1. The molecule has 0 saturated carbocycles. The Hall–Kier alpha value is -3.80. The third-order valence-electron chi connectivity index (χ3n) is 7.55. The van der Waals surface area contributed by atoms with Gasteiger partial charge in [0.15, 0.2) is 6.04 Å². The first-order valence-electron chi connectivity index (χ1n) is 14.2. The van der Waals surface area contributed by atoms with E-state index in [1.807, 2.05) is 0 Å². The van der Waals surface area contributed by atoms with Gasteiger partial charge in [0.05, 0.1) is 17.7 Å². The number of ether oxygens (including phenoxy) is 1. The lowest BCUT2D eigenvalue weighted by Crippen LogP contribution is -2.55. The number of unbranched alkanes of at least 4 members (excludes halogenated alkanes) is 2. The first kappa shape index (κ1) is 30.2. The van der Waals surface area contributed by atoms with Gasteiger partial charge in [0.2, 0.25) is 11.8 Å². The average molecular weight is 571 g/mol. The third-order valence-corrected chi connectivity index (χ3v) is 7.55. The molecule has 3 heterocycles. The van der Waals surface area contributed by atoms with E-state index in [1.54, 1.807) is 43.9 Å². The van der Waals surface area contributed by atoms with E-state index in [-0.39, 0.29) is 35.9 Å². The minimum absolute atomic E-state index is 0.0439. The lowest BCUT2D eigenvalue weighted by Gasteiger charge is -2.31. The molecule has 2 fully saturated rings. The van der Waals surface area contributed by atoms with Crippen LogP contribution in [0.1, 0.15) is 86.4 Å². The number of nitrogens with one attached hydrogen (secondary N) is 2. The smallest absolute Gasteiger partial charge is 0.406 e. The first-order chi connectivity index (χ1) is 19.4. The fourth-order valence-electron chi connectivity index (χ4n) is 5.41. The summed E-state index contributed by atoms with van der Waals surface area (Å²) in [7, 11) is 0. The molecular formula is C29H40N5O7+. The molecule has 4 rings (SSSR count). The largest absolute Gasteiger partial charge is 0.596 e. The number of carbonyl (C=O) groups is 5. The summed E-state index contributed by atoms with van der Waals surface area (Å²) in [5.41, 5.74) is 0.422. The van der Waals surface area contributed by atoms with Gasteiger partial charge >= 0.3 is 6.09 Å². The van der Waals surface area contributed by atoms with E-state index in [2.05, 4.69) is 17.4 Å². The third kappa shape index (κ3) is 6.92. The maximum absolute atomic E-state index is 13.2. The molecule has 1 aromatic carbocycles. The van der Waals surface area contributed by atoms with Crippen LogP contribution in [0.4, 0.5) is 10.5 Å². The highest BCUT2D eigenvalue weighted by Crippen LogP contribution is 2.32. The highest BCUT2D eigenvalue weighted by Gasteiger charge is 2.45. The van der Waals surface area contributed by atoms with E-state index in [0.717, 1.165) is 17.7 Å². The van der Waals surface area contributed by atoms with Crippen molar-refractivity contribution in [3.8, 4) is 0 Å². The van der Waals surface area contributed by atoms with Gasteiger partial charge in [-0.2, -0.15) is 4.79 Å². The molecule has 41 heavy (non-hydrogen) atoms. The number of hydrogen-bond donors (Lipinski definition) is 3. The number of piperidine rings is 1. The van der Waals surface area contributed by atoms with Gasteiger partial charge in [-0.1, -0.05) is 12.5 Å². The number of imide groups is 1. The zero-order chi connectivity index (χ0) is 29.9. The second kappa shape index (κ2) is 12.4. The van der Waals surface area contributed by atoms with Gasteiger partial charge in [0.25, 0.3) is 11.8 Å². The van der Waals surface area contributed by atoms with Gasteiger partial charge in [-0.3, -0.25) is 24.1 Å². The second-order valence-corrected chi connectivity index (χ2v) is 11.8. The van der Waals surface area contributed by atoms with Crippen molar-refractivity contribution in [2.45, 2.75) is 89.6 Å². The molecule has 1 aromatic rings. The van der Waals surface area contributed by atoms with Crippen molar-refractivity contribution >= 4 is 42.1 Å². The van der Waals surface area contributed by atoms with Crippen LogP contribution in [0.2, 0.25) is 0 Å². The molecule has 0 radical (unpaired) electrons. The molecular weight excluding hydrogens is 530 g/mol. The van der Waals surface area contributed by atoms with E-state index in [1.165, 1.54) is 4.58 Å². The van der Waals surface area contributed by atoms with Crippen LogP contribution in [0.5, 0.6) is 0 Å². The van der Waals surface area contributed by atoms with Crippen LogP contribution in [-0.4, -0.2) is 99.5 Å². The number of nitrogens with zero attached hydrogens (tertiary/aromatic N) is 3. The molecule has 3 N–H and O–H groups in total. The number of carbonyl (C=O) groups excluding carboxylic acids is 5. The van der Waals surface area contributed by atoms with Crippen LogP contribution in [-0.2, 0) is 14.3 Å². The van der Waals surface area contributed by atoms with E-state index < -0.39 is 41.7 Å². The fraction of sp³-hybridized carbons (Fsp3) is 0.586. The normalized spacial score (nSPS) is 22.4. The molecule has 2 saturated heterocycles. The van der Waals surface area contributed by atoms with Gasteiger partial charge < -0.3 is 25.4 Å². The van der Waals surface area contributed by atoms with Gasteiger partial charge in [0, 0.05) is 31.6 Å². The van der Waals surface area contributed by atoms with Crippen LogP contribution in [0.15, 0.2) is 18.2 Å². The van der Waals surface area contributed by atoms with E-state index in [9.17, 15) is 29.1 Å². The average Bonchev–Trinajstić information content (AvgIpc) is 3.49. The Morgan fingerprint density at radius 1 is 1.12 bits per heavy atom. The zero-order valence-electron chi connectivity index (χ0n) is 24.0. The van der Waals surface area contributed by atoms with Gasteiger partial charge in [-0.15, -0.1) is 4.58 Å². The predicted molar refractivity (Wildman–Crippen MR) is 150 cm³/mol. The molecule has 12 nitrogen and oxygen atoms in total. The topological polar surface area (TPSA) is 148 Å². The number of fused-ring (bicyclic) bond motifs is 1. The lowest BCUT2D eigenvalue weighted by atomic mass is 10.0. The Balaban J connectivity index is 1.20. The summed E-state index contributed by atoms with van der Waals surface area (Å²) in [4.78, 5) is 66.3. The highest BCUT2D eigenvalue weighted by molar-refractivity contribution is 6.25. The molecule has 2 unspecified atom stereocenters. The van der Waals surface area contributed by atoms with Gasteiger partial charge in [0.1, 0.15) is 24.6 Å². The number of amides is 5. The molecule has 222 valence electrons. The Morgan fingerprint density at radius 3 is 2.59 bits per heavy atom. The monoisotopic (exact) mass is 570 g/mol. The summed E-state index contributed by atoms with van der Waals surface area (Å²) in [6.45, 7) is 10.8. The van der Waals surface area contributed by atoms with Crippen LogP contribution >= 0.6 is 0 Å². The predicted octanol–water partition coefficient (Wildman–Crippen LogP) is 2.10. The van der Waals surface area contributed by atoms with Crippen LogP contribution < -0.4 is 10.6 Å². The van der Waals surface area contributed by atoms with Gasteiger partial charge in [-0.25, -0.2) is 0 Å². The molecule has 0 aromatic heterocycles. The fourth-order valence-corrected chi connectivity index (χ4v) is 5.41. The summed E-state index contributed by atoms with van der Waals surface area (Å²) in [5.74, 6) is -1.53. The van der Waals surface area contributed by atoms with Crippen LogP contribution in [0, 0.1) is 0 Å². The maximum Gasteiger partial charge on any atom is 0.596 e. The number of likely N-dealkylation sites (tertiary alicyclic amines) is 1. The zero-order valence-corrected chi connectivity index (χ0v) is 24.0. The number of rotatable bonds is 9. The Labute approximate surface area is 239 Å². The molecule has 3 aliphatic heterocycles. The Bertz CT molecular complexity index is 1240. The van der Waals surface area contributed by atoms with E-state index >= 15 is 0 Å². The van der Waals surface area contributed by atoms with Crippen molar-refractivity contribution in [2.75, 3.05) is 25.0 Å². The molecule has 12 heteroatoms. The quantitative estimate of drug-likeness (QED) is 0.177. The molecule has 3 aliphatic rings. The maximum atomic E-state index is 13.2. The summed E-state index contributed by atoms with van der Waals surface area (Å²) in [6, 6.07) is 3.88. The minimum Gasteiger partial charge on any atom is -0.406 e. The summed E-state index contributed by atoms with van der Waals surface area (Å²) < 4.78 is 6.70. The van der Waals surface area contributed by atoms with Crippen LogP contribution in [0.3, 0.4) is 0 Å². The van der Waals surface area contributed by atoms with Crippen molar-refractivity contribution < 1.29 is 38.4 Å². The molecule has 3 atom stereocenters. The number of anilines is 1. The van der Waals surface area contributed by atoms with Gasteiger partial charge in [-0.05, 0) is 58.6 Å². The summed E-state index contributed by atoms with van der Waals surface area (Å²) >= 11 is 0. The summed E-state index contributed by atoms with van der Waals surface area (Å²) in [5, 5.41) is 15.3. The summed E-state index contributed by atoms with van der Waals surface area (Å²) in [6.07, 6.45) is 2.29. The number of benzene rings is 1. The van der Waals surface area contributed by atoms with Crippen molar-refractivity contribution in [1.82, 2.24) is 15.1 Å². The van der Waals surface area contributed by atoms with Crippen molar-refractivity contribution in [1.29, 1.82) is 0 Å². The highest BCUT2D eigenvalue weighted by atomic mass is 16.6. The van der Waals surface area contributed by atoms with Crippen LogP contribution in [0.25, 0.3) is 0 Å². The number of aliphatic hydroxyl groups is 1. The van der Waals surface area contributed by atoms with Crippen molar-refractivity contribution in [3.63, 3.8) is 0 Å². The standard InChI is InChI=1S/C29H39N5O7/c1-29(2,3)41-28(40)32(4)18-14-16-33(17-18)23(36)11-6-5-7-15-30-20-10-8-9-19-24(20)27(39)34(26(19)38)21-12-13-22(35)31-25(21)37/h8-10,18,21-22,35H,4-7,11-17H2,1-3H3,(H-,30,31,37,39)/p+1/t18-,21?,22?/m1/s1. The molecule has 0 spiro atoms. The Kier molecular flexibility index (Phi) is 9.11. The molecule has 0 aliphatic carbocycles. The number of hydrogen-bond acceptors (Lipinski definition) is 8. The van der Waals surface area contributed by atoms with E-state index in [4.69, 9.17) is 4.74 Å². The minimum atomic E-state index is -0.975. The van der Waals surface area contributed by atoms with Crippen molar-refractivity contribution in [2.24, 2.45) is 0 Å².